The maximum absolute atomic E-state index is 11.7. The molecule has 2 heterocycles. The first kappa shape index (κ1) is 11.6. The van der Waals surface area contributed by atoms with Crippen molar-refractivity contribution in [3.63, 3.8) is 0 Å². The van der Waals surface area contributed by atoms with Crippen LogP contribution < -0.4 is 11.2 Å². The summed E-state index contributed by atoms with van der Waals surface area (Å²) in [5.41, 5.74) is 0.0736. The third kappa shape index (κ3) is 1.79. The number of H-pyrrole nitrogens is 1. The van der Waals surface area contributed by atoms with Crippen LogP contribution >= 0.6 is 0 Å². The van der Waals surface area contributed by atoms with E-state index >= 15 is 0 Å². The van der Waals surface area contributed by atoms with Gasteiger partial charge < -0.3 is 4.57 Å². The molecule has 0 atom stereocenters. The lowest BCUT2D eigenvalue weighted by atomic mass is 10.1. The quantitative estimate of drug-likeness (QED) is 0.807. The minimum Gasteiger partial charge on any atom is -0.325 e. The maximum Gasteiger partial charge on any atom is 0.329 e. The summed E-state index contributed by atoms with van der Waals surface area (Å²) < 4.78 is 3.12. The van der Waals surface area contributed by atoms with Crippen LogP contribution in [0.4, 0.5) is 0 Å². The molecule has 0 fully saturated rings. The number of aromatic nitrogens is 4. The fraction of sp³-hybridized carbons (Fsp3) is 0.545. The molecule has 6 nitrogen and oxygen atoms in total. The van der Waals surface area contributed by atoms with E-state index in [4.69, 9.17) is 0 Å². The van der Waals surface area contributed by atoms with Gasteiger partial charge in [0, 0.05) is 20.5 Å². The van der Waals surface area contributed by atoms with Gasteiger partial charge in [-0.25, -0.2) is 9.78 Å². The molecule has 0 amide bonds. The molecule has 0 bridgehead atoms. The van der Waals surface area contributed by atoms with Gasteiger partial charge in [-0.15, -0.1) is 0 Å². The Kier molecular flexibility index (Phi) is 2.65. The summed E-state index contributed by atoms with van der Waals surface area (Å²) in [7, 11) is 3.40. The first-order valence-electron chi connectivity index (χ1n) is 5.56. The number of imidazole rings is 1. The summed E-state index contributed by atoms with van der Waals surface area (Å²) in [5.74, 6) is 1.27. The van der Waals surface area contributed by atoms with E-state index in [1.54, 1.807) is 18.7 Å². The lowest BCUT2D eigenvalue weighted by molar-refractivity contribution is 0.605. The average Bonchev–Trinajstić information content (AvgIpc) is 2.53. The number of hydrogen-bond acceptors (Lipinski definition) is 3. The molecule has 0 saturated carbocycles. The molecule has 2 aromatic rings. The Morgan fingerprint density at radius 1 is 1.24 bits per heavy atom. The molecular weight excluding hydrogens is 220 g/mol. The highest BCUT2D eigenvalue weighted by Gasteiger charge is 2.15. The number of aryl methyl sites for hydroxylation is 2. The van der Waals surface area contributed by atoms with E-state index in [9.17, 15) is 9.59 Å². The molecule has 6 heteroatoms. The first-order valence-corrected chi connectivity index (χ1v) is 5.56. The Bertz CT molecular complexity index is 675. The molecule has 0 aliphatic heterocycles. The summed E-state index contributed by atoms with van der Waals surface area (Å²) >= 11 is 0. The lowest BCUT2D eigenvalue weighted by Crippen LogP contribution is -2.29. The number of rotatable bonds is 2. The van der Waals surface area contributed by atoms with Gasteiger partial charge in [0.05, 0.1) is 0 Å². The molecule has 0 spiro atoms. The molecule has 1 N–H and O–H groups in total. The van der Waals surface area contributed by atoms with Crippen LogP contribution in [-0.2, 0) is 20.5 Å². The van der Waals surface area contributed by atoms with Gasteiger partial charge in [0.2, 0.25) is 0 Å². The normalized spacial score (nSPS) is 11.6. The predicted octanol–water partition coefficient (Wildman–Crippen LogP) is 0.159. The first-order chi connectivity index (χ1) is 7.91. The van der Waals surface area contributed by atoms with Gasteiger partial charge in [-0.1, -0.05) is 13.8 Å². The van der Waals surface area contributed by atoms with Gasteiger partial charge in [-0.05, 0) is 5.92 Å². The average molecular weight is 236 g/mol. The third-order valence-electron chi connectivity index (χ3n) is 2.82. The van der Waals surface area contributed by atoms with Gasteiger partial charge in [0.15, 0.2) is 11.2 Å². The number of aromatic amines is 1. The molecule has 0 radical (unpaired) electrons. The molecular formula is C11H16N4O2. The summed E-state index contributed by atoms with van der Waals surface area (Å²) in [6, 6.07) is 0. The van der Waals surface area contributed by atoms with Crippen LogP contribution in [0.3, 0.4) is 0 Å². The SMILES string of the molecule is CC(C)Cc1nc2c(c(=O)[nH]c(=O)n2C)n1C. The molecule has 92 valence electrons. The van der Waals surface area contributed by atoms with E-state index in [0.717, 1.165) is 12.2 Å². The summed E-state index contributed by atoms with van der Waals surface area (Å²) in [6.45, 7) is 4.17. The topological polar surface area (TPSA) is 72.7 Å². The van der Waals surface area contributed by atoms with Crippen molar-refractivity contribution in [2.24, 2.45) is 20.0 Å². The van der Waals surface area contributed by atoms with Crippen molar-refractivity contribution >= 4 is 11.2 Å². The maximum atomic E-state index is 11.7. The van der Waals surface area contributed by atoms with Crippen LogP contribution in [0.2, 0.25) is 0 Å². The van der Waals surface area contributed by atoms with E-state index < -0.39 is 5.69 Å². The second kappa shape index (κ2) is 3.87. The number of hydrogen-bond donors (Lipinski definition) is 1. The van der Waals surface area contributed by atoms with E-state index in [2.05, 4.69) is 23.8 Å². The van der Waals surface area contributed by atoms with Crippen LogP contribution in [0.25, 0.3) is 11.2 Å². The van der Waals surface area contributed by atoms with E-state index in [0.29, 0.717) is 17.1 Å². The molecule has 17 heavy (non-hydrogen) atoms. The summed E-state index contributed by atoms with van der Waals surface area (Å²) in [5, 5.41) is 0. The predicted molar refractivity (Wildman–Crippen MR) is 65.1 cm³/mol. The van der Waals surface area contributed by atoms with Crippen molar-refractivity contribution in [2.75, 3.05) is 0 Å². The standard InChI is InChI=1S/C11H16N4O2/c1-6(2)5-7-12-9-8(14(7)3)10(16)13-11(17)15(9)4/h6H,5H2,1-4H3,(H,13,16,17). The van der Waals surface area contributed by atoms with Gasteiger partial charge in [0.25, 0.3) is 5.56 Å². The molecule has 2 rings (SSSR count). The van der Waals surface area contributed by atoms with E-state index in [-0.39, 0.29) is 5.56 Å². The largest absolute Gasteiger partial charge is 0.329 e. The third-order valence-corrected chi connectivity index (χ3v) is 2.82. The molecule has 0 saturated heterocycles. The monoisotopic (exact) mass is 236 g/mol. The Morgan fingerprint density at radius 2 is 1.88 bits per heavy atom. The van der Waals surface area contributed by atoms with Crippen molar-refractivity contribution < 1.29 is 0 Å². The number of fused-ring (bicyclic) bond motifs is 1. The van der Waals surface area contributed by atoms with Crippen molar-refractivity contribution in [2.45, 2.75) is 20.3 Å². The highest BCUT2D eigenvalue weighted by Crippen LogP contribution is 2.12. The van der Waals surface area contributed by atoms with Crippen molar-refractivity contribution in [3.8, 4) is 0 Å². The number of nitrogens with zero attached hydrogens (tertiary/aromatic N) is 3. The van der Waals surface area contributed by atoms with Gasteiger partial charge in [-0.2, -0.15) is 0 Å². The highest BCUT2D eigenvalue weighted by molar-refractivity contribution is 5.70. The molecule has 0 aliphatic rings. The van der Waals surface area contributed by atoms with Crippen LogP contribution in [0.1, 0.15) is 19.7 Å². The smallest absolute Gasteiger partial charge is 0.325 e. The zero-order chi connectivity index (χ0) is 12.7. The minimum absolute atomic E-state index is 0.381. The Balaban J connectivity index is 2.82. The number of nitrogens with one attached hydrogen (secondary N) is 1. The van der Waals surface area contributed by atoms with Gasteiger partial charge in [0.1, 0.15) is 5.82 Å². The van der Waals surface area contributed by atoms with Crippen LogP contribution in [0, 0.1) is 5.92 Å². The van der Waals surface area contributed by atoms with Gasteiger partial charge >= 0.3 is 5.69 Å². The second-order valence-electron chi connectivity index (χ2n) is 4.68. The zero-order valence-corrected chi connectivity index (χ0v) is 10.4. The van der Waals surface area contributed by atoms with E-state index in [1.807, 2.05) is 0 Å². The second-order valence-corrected chi connectivity index (χ2v) is 4.68. The summed E-state index contributed by atoms with van der Waals surface area (Å²) in [4.78, 5) is 29.9. The van der Waals surface area contributed by atoms with Crippen LogP contribution in [0.5, 0.6) is 0 Å². The zero-order valence-electron chi connectivity index (χ0n) is 10.4. The van der Waals surface area contributed by atoms with Crippen LogP contribution in [-0.4, -0.2) is 19.1 Å². The van der Waals surface area contributed by atoms with Crippen LogP contribution in [0.15, 0.2) is 9.59 Å². The summed E-state index contributed by atoms with van der Waals surface area (Å²) in [6.07, 6.45) is 0.777. The van der Waals surface area contributed by atoms with Crippen molar-refractivity contribution in [1.29, 1.82) is 0 Å². The van der Waals surface area contributed by atoms with Crippen molar-refractivity contribution in [1.82, 2.24) is 19.1 Å². The Labute approximate surface area is 97.9 Å². The van der Waals surface area contributed by atoms with Gasteiger partial charge in [-0.3, -0.25) is 14.3 Å². The Hall–Kier alpha value is -1.85. The molecule has 0 unspecified atom stereocenters. The van der Waals surface area contributed by atoms with E-state index in [1.165, 1.54) is 4.57 Å². The highest BCUT2D eigenvalue weighted by atomic mass is 16.2. The molecule has 2 aromatic heterocycles. The fourth-order valence-electron chi connectivity index (χ4n) is 1.90. The Morgan fingerprint density at radius 3 is 2.47 bits per heavy atom. The van der Waals surface area contributed by atoms with Crippen molar-refractivity contribution in [3.05, 3.63) is 26.7 Å². The fourth-order valence-corrected chi connectivity index (χ4v) is 1.90. The lowest BCUT2D eigenvalue weighted by Gasteiger charge is -2.03. The minimum atomic E-state index is -0.434. The molecule has 0 aliphatic carbocycles. The molecule has 0 aromatic carbocycles.